The molecule has 1 unspecified atom stereocenters. The van der Waals surface area contributed by atoms with E-state index < -0.39 is 0 Å². The minimum atomic E-state index is -0.0426. The standard InChI is InChI=1S/C16H20ClNO2/c1-15(3-2-6-18-15)11-7-13-14(8-12(11)17)20-10-16(4-5-16)9-19-13/h7-8,18H,2-6,9-10H2,1H3. The van der Waals surface area contributed by atoms with E-state index in [2.05, 4.69) is 18.3 Å². The van der Waals surface area contributed by atoms with Gasteiger partial charge in [0.05, 0.1) is 13.2 Å². The van der Waals surface area contributed by atoms with E-state index in [1.165, 1.54) is 19.3 Å². The van der Waals surface area contributed by atoms with E-state index in [-0.39, 0.29) is 11.0 Å². The van der Waals surface area contributed by atoms with Crippen LogP contribution in [0.1, 0.15) is 38.2 Å². The molecule has 2 heterocycles. The van der Waals surface area contributed by atoms with Gasteiger partial charge in [0.15, 0.2) is 11.5 Å². The zero-order valence-electron chi connectivity index (χ0n) is 11.8. The second-order valence-corrected chi connectivity index (χ2v) is 7.13. The fraction of sp³-hybridized carbons (Fsp3) is 0.625. The van der Waals surface area contributed by atoms with Crippen molar-refractivity contribution >= 4 is 11.6 Å². The molecule has 0 radical (unpaired) electrons. The van der Waals surface area contributed by atoms with Crippen molar-refractivity contribution in [2.75, 3.05) is 19.8 Å². The average Bonchev–Trinajstić information content (AvgIpc) is 3.12. The smallest absolute Gasteiger partial charge is 0.162 e. The Bertz CT molecular complexity index is 548. The van der Waals surface area contributed by atoms with Gasteiger partial charge in [-0.2, -0.15) is 0 Å². The fourth-order valence-electron chi connectivity index (χ4n) is 3.28. The number of halogens is 1. The summed E-state index contributed by atoms with van der Waals surface area (Å²) >= 11 is 6.50. The number of hydrogen-bond acceptors (Lipinski definition) is 3. The monoisotopic (exact) mass is 293 g/mol. The van der Waals surface area contributed by atoms with Gasteiger partial charge in [0.1, 0.15) is 0 Å². The first-order chi connectivity index (χ1) is 9.60. The molecule has 1 spiro atoms. The Kier molecular flexibility index (Phi) is 2.74. The third-order valence-electron chi connectivity index (χ3n) is 5.02. The maximum atomic E-state index is 6.50. The molecule has 0 bridgehead atoms. The Morgan fingerprint density at radius 3 is 2.40 bits per heavy atom. The molecule has 3 nitrogen and oxygen atoms in total. The Hall–Kier alpha value is -0.930. The van der Waals surface area contributed by atoms with Crippen molar-refractivity contribution < 1.29 is 9.47 Å². The Morgan fingerprint density at radius 2 is 1.80 bits per heavy atom. The molecule has 4 rings (SSSR count). The first-order valence-corrected chi connectivity index (χ1v) is 7.83. The molecule has 4 heteroatoms. The van der Waals surface area contributed by atoms with Gasteiger partial charge in [-0.1, -0.05) is 11.6 Å². The summed E-state index contributed by atoms with van der Waals surface area (Å²) in [5.41, 5.74) is 1.35. The van der Waals surface area contributed by atoms with Crippen molar-refractivity contribution in [3.05, 3.63) is 22.7 Å². The number of fused-ring (bicyclic) bond motifs is 1. The van der Waals surface area contributed by atoms with Crippen LogP contribution < -0.4 is 14.8 Å². The molecule has 0 aromatic heterocycles. The summed E-state index contributed by atoms with van der Waals surface area (Å²) in [5, 5.41) is 4.33. The number of benzene rings is 1. The second-order valence-electron chi connectivity index (χ2n) is 6.72. The van der Waals surface area contributed by atoms with Gasteiger partial charge < -0.3 is 14.8 Å². The van der Waals surface area contributed by atoms with Gasteiger partial charge in [0, 0.05) is 22.0 Å². The third kappa shape index (κ3) is 1.99. The summed E-state index contributed by atoms with van der Waals surface area (Å²) in [6, 6.07) is 4.01. The lowest BCUT2D eigenvalue weighted by Gasteiger charge is -2.27. The lowest BCUT2D eigenvalue weighted by Crippen LogP contribution is -2.33. The van der Waals surface area contributed by atoms with Gasteiger partial charge >= 0.3 is 0 Å². The Labute approximate surface area is 124 Å². The molecule has 1 aromatic rings. The van der Waals surface area contributed by atoms with Crippen LogP contribution in [-0.4, -0.2) is 19.8 Å². The molecule has 1 saturated heterocycles. The molecule has 1 saturated carbocycles. The van der Waals surface area contributed by atoms with Crippen molar-refractivity contribution in [2.45, 2.75) is 38.1 Å². The highest BCUT2D eigenvalue weighted by atomic mass is 35.5. The van der Waals surface area contributed by atoms with Gasteiger partial charge in [-0.25, -0.2) is 0 Å². The SMILES string of the molecule is CC1(c2cc3c(cc2Cl)OCC2(CC2)CO3)CCCN1. The number of nitrogens with one attached hydrogen (secondary N) is 1. The molecule has 1 N–H and O–H groups in total. The molecular formula is C16H20ClNO2. The van der Waals surface area contributed by atoms with Gasteiger partial charge in [-0.05, 0) is 50.8 Å². The van der Waals surface area contributed by atoms with E-state index in [4.69, 9.17) is 21.1 Å². The lowest BCUT2D eigenvalue weighted by atomic mass is 9.90. The van der Waals surface area contributed by atoms with Gasteiger partial charge in [-0.15, -0.1) is 0 Å². The zero-order chi connectivity index (χ0) is 13.8. The highest BCUT2D eigenvalue weighted by molar-refractivity contribution is 6.31. The van der Waals surface area contributed by atoms with Crippen LogP contribution in [0, 0.1) is 5.41 Å². The summed E-state index contributed by atoms with van der Waals surface area (Å²) in [6.45, 7) is 4.79. The predicted molar refractivity (Wildman–Crippen MR) is 78.7 cm³/mol. The van der Waals surface area contributed by atoms with E-state index >= 15 is 0 Å². The van der Waals surface area contributed by atoms with Crippen LogP contribution in [0.4, 0.5) is 0 Å². The predicted octanol–water partition coefficient (Wildman–Crippen LogP) is 3.49. The average molecular weight is 294 g/mol. The summed E-state index contributed by atoms with van der Waals surface area (Å²) in [4.78, 5) is 0. The topological polar surface area (TPSA) is 30.5 Å². The molecule has 3 aliphatic rings. The van der Waals surface area contributed by atoms with E-state index in [9.17, 15) is 0 Å². The quantitative estimate of drug-likeness (QED) is 0.860. The van der Waals surface area contributed by atoms with Gasteiger partial charge in [0.2, 0.25) is 0 Å². The van der Waals surface area contributed by atoms with Crippen molar-refractivity contribution in [1.29, 1.82) is 0 Å². The van der Waals surface area contributed by atoms with Crippen LogP contribution >= 0.6 is 11.6 Å². The van der Waals surface area contributed by atoms with Crippen molar-refractivity contribution in [3.63, 3.8) is 0 Å². The fourth-order valence-corrected chi connectivity index (χ4v) is 3.64. The summed E-state index contributed by atoms with van der Waals surface area (Å²) in [5.74, 6) is 1.65. The van der Waals surface area contributed by atoms with Crippen LogP contribution in [0.3, 0.4) is 0 Å². The highest BCUT2D eigenvalue weighted by Crippen LogP contribution is 2.50. The van der Waals surface area contributed by atoms with Crippen molar-refractivity contribution in [2.24, 2.45) is 5.41 Å². The van der Waals surface area contributed by atoms with E-state index in [0.29, 0.717) is 0 Å². The van der Waals surface area contributed by atoms with E-state index in [1.54, 1.807) is 0 Å². The molecular weight excluding hydrogens is 274 g/mol. The first-order valence-electron chi connectivity index (χ1n) is 7.45. The largest absolute Gasteiger partial charge is 0.489 e. The van der Waals surface area contributed by atoms with E-state index in [0.717, 1.165) is 48.3 Å². The number of ether oxygens (including phenoxy) is 2. The van der Waals surface area contributed by atoms with Crippen LogP contribution in [0.25, 0.3) is 0 Å². The molecule has 1 aliphatic carbocycles. The molecule has 1 aromatic carbocycles. The minimum absolute atomic E-state index is 0.0426. The Morgan fingerprint density at radius 1 is 1.10 bits per heavy atom. The third-order valence-corrected chi connectivity index (χ3v) is 5.33. The molecule has 108 valence electrons. The maximum absolute atomic E-state index is 6.50. The molecule has 20 heavy (non-hydrogen) atoms. The summed E-state index contributed by atoms with van der Waals surface area (Å²) < 4.78 is 11.9. The molecule has 0 amide bonds. The van der Waals surface area contributed by atoms with Gasteiger partial charge in [-0.3, -0.25) is 0 Å². The van der Waals surface area contributed by atoms with Crippen LogP contribution in [-0.2, 0) is 5.54 Å². The first kappa shape index (κ1) is 12.8. The van der Waals surface area contributed by atoms with Gasteiger partial charge in [0.25, 0.3) is 0 Å². The maximum Gasteiger partial charge on any atom is 0.162 e. The van der Waals surface area contributed by atoms with Crippen LogP contribution in [0.15, 0.2) is 12.1 Å². The van der Waals surface area contributed by atoms with Crippen LogP contribution in [0.2, 0.25) is 5.02 Å². The second kappa shape index (κ2) is 4.28. The number of rotatable bonds is 1. The zero-order valence-corrected chi connectivity index (χ0v) is 12.6. The normalized spacial score (nSPS) is 30.3. The number of hydrogen-bond donors (Lipinski definition) is 1. The molecule has 2 aliphatic heterocycles. The molecule has 1 atom stereocenters. The van der Waals surface area contributed by atoms with E-state index in [1.807, 2.05) is 6.07 Å². The summed E-state index contributed by atoms with van der Waals surface area (Å²) in [6.07, 6.45) is 4.71. The van der Waals surface area contributed by atoms with Crippen LogP contribution in [0.5, 0.6) is 11.5 Å². The minimum Gasteiger partial charge on any atom is -0.489 e. The lowest BCUT2D eigenvalue weighted by molar-refractivity contribution is 0.197. The molecule has 2 fully saturated rings. The Balaban J connectivity index is 1.71. The van der Waals surface area contributed by atoms with Crippen molar-refractivity contribution in [1.82, 2.24) is 5.32 Å². The summed E-state index contributed by atoms with van der Waals surface area (Å²) in [7, 11) is 0. The van der Waals surface area contributed by atoms with Crippen molar-refractivity contribution in [3.8, 4) is 11.5 Å². The highest BCUT2D eigenvalue weighted by Gasteiger charge is 2.46.